The van der Waals surface area contributed by atoms with Crippen LogP contribution in [-0.4, -0.2) is 6.61 Å². The van der Waals surface area contributed by atoms with E-state index in [4.69, 9.17) is 16.3 Å². The molecule has 0 spiro atoms. The number of hydrogen-bond acceptors (Lipinski definition) is 1. The maximum Gasteiger partial charge on any atom is 0.184 e. The lowest BCUT2D eigenvalue weighted by atomic mass is 9.84. The van der Waals surface area contributed by atoms with E-state index in [1.807, 2.05) is 31.2 Å². The normalized spacial score (nSPS) is 16.7. The van der Waals surface area contributed by atoms with E-state index in [0.29, 0.717) is 12.2 Å². The third kappa shape index (κ3) is 4.62. The predicted molar refractivity (Wildman–Crippen MR) is 113 cm³/mol. The van der Waals surface area contributed by atoms with Crippen molar-refractivity contribution >= 4 is 17.2 Å². The van der Waals surface area contributed by atoms with Gasteiger partial charge in [0.2, 0.25) is 0 Å². The topological polar surface area (TPSA) is 9.23 Å². The largest absolute Gasteiger partial charge is 0.491 e. The molecule has 1 unspecified atom stereocenters. The quantitative estimate of drug-likeness (QED) is 0.444. The minimum Gasteiger partial charge on any atom is -0.491 e. The van der Waals surface area contributed by atoms with Crippen molar-refractivity contribution in [2.75, 3.05) is 6.61 Å². The van der Waals surface area contributed by atoms with E-state index < -0.39 is 5.82 Å². The van der Waals surface area contributed by atoms with Crippen LogP contribution in [0, 0.1) is 11.7 Å². The number of allylic oxidation sites excluding steroid dienone is 3. The Hall–Kier alpha value is -2.06. The van der Waals surface area contributed by atoms with E-state index in [-0.39, 0.29) is 10.8 Å². The molecule has 27 heavy (non-hydrogen) atoms. The molecule has 0 aliphatic heterocycles. The van der Waals surface area contributed by atoms with Crippen molar-refractivity contribution < 1.29 is 9.13 Å². The number of ether oxygens (including phenoxy) is 1. The summed E-state index contributed by atoms with van der Waals surface area (Å²) in [6.45, 7) is 6.04. The van der Waals surface area contributed by atoms with E-state index in [1.54, 1.807) is 6.07 Å². The molecular formula is C24H26ClFO. The molecule has 2 aromatic rings. The van der Waals surface area contributed by atoms with Crippen LogP contribution >= 0.6 is 11.6 Å². The molecule has 3 heteroatoms. The van der Waals surface area contributed by atoms with Crippen molar-refractivity contribution in [1.29, 1.82) is 0 Å². The van der Waals surface area contributed by atoms with Crippen LogP contribution in [0.5, 0.6) is 5.75 Å². The van der Waals surface area contributed by atoms with Gasteiger partial charge in [0.05, 0.1) is 11.6 Å². The van der Waals surface area contributed by atoms with Crippen LogP contribution in [0.3, 0.4) is 0 Å². The van der Waals surface area contributed by atoms with Gasteiger partial charge in [0.25, 0.3) is 0 Å². The average Bonchev–Trinajstić information content (AvgIpc) is 2.71. The van der Waals surface area contributed by atoms with Crippen molar-refractivity contribution in [3.05, 3.63) is 71.5 Å². The summed E-state index contributed by atoms with van der Waals surface area (Å²) < 4.78 is 19.6. The second-order valence-corrected chi connectivity index (χ2v) is 7.36. The van der Waals surface area contributed by atoms with Crippen LogP contribution in [0.1, 0.15) is 44.6 Å². The van der Waals surface area contributed by atoms with Gasteiger partial charge in [0, 0.05) is 5.56 Å². The summed E-state index contributed by atoms with van der Waals surface area (Å²) >= 11 is 6.24. The molecule has 0 fully saturated rings. The Labute approximate surface area is 166 Å². The lowest BCUT2D eigenvalue weighted by Crippen LogP contribution is -2.05. The SMILES string of the molecule is C=CCCC1CC=C(c2ccc(-c3ccc(OCC)c(F)c3Cl)cc2)CC1. The zero-order valence-electron chi connectivity index (χ0n) is 15.8. The lowest BCUT2D eigenvalue weighted by Gasteiger charge is -2.22. The Morgan fingerprint density at radius 1 is 1.19 bits per heavy atom. The number of benzene rings is 2. The summed E-state index contributed by atoms with van der Waals surface area (Å²) in [6, 6.07) is 11.7. The molecule has 142 valence electrons. The van der Waals surface area contributed by atoms with Gasteiger partial charge in [-0.1, -0.05) is 48.0 Å². The Morgan fingerprint density at radius 2 is 1.93 bits per heavy atom. The number of halogens is 2. The van der Waals surface area contributed by atoms with E-state index in [9.17, 15) is 4.39 Å². The summed E-state index contributed by atoms with van der Waals surface area (Å²) in [7, 11) is 0. The van der Waals surface area contributed by atoms with Crippen molar-refractivity contribution in [3.8, 4) is 16.9 Å². The van der Waals surface area contributed by atoms with Crippen LogP contribution in [0.2, 0.25) is 5.02 Å². The molecule has 1 nitrogen and oxygen atoms in total. The van der Waals surface area contributed by atoms with Gasteiger partial charge in [-0.25, -0.2) is 4.39 Å². The Balaban J connectivity index is 1.76. The van der Waals surface area contributed by atoms with Gasteiger partial charge >= 0.3 is 0 Å². The highest BCUT2D eigenvalue weighted by Crippen LogP contribution is 2.37. The molecule has 0 saturated heterocycles. The van der Waals surface area contributed by atoms with Crippen LogP contribution in [-0.2, 0) is 0 Å². The molecule has 0 amide bonds. The minimum atomic E-state index is -0.499. The van der Waals surface area contributed by atoms with E-state index >= 15 is 0 Å². The van der Waals surface area contributed by atoms with Crippen molar-refractivity contribution in [2.24, 2.45) is 5.92 Å². The molecule has 0 saturated carbocycles. The monoisotopic (exact) mass is 384 g/mol. The summed E-state index contributed by atoms with van der Waals surface area (Å²) in [5, 5.41) is 0.107. The van der Waals surface area contributed by atoms with Gasteiger partial charge in [-0.05, 0) is 73.8 Å². The molecule has 0 bridgehead atoms. The van der Waals surface area contributed by atoms with Crippen LogP contribution in [0.25, 0.3) is 16.7 Å². The van der Waals surface area contributed by atoms with E-state index in [0.717, 1.165) is 30.7 Å². The summed E-state index contributed by atoms with van der Waals surface area (Å²) in [4.78, 5) is 0. The van der Waals surface area contributed by atoms with Crippen LogP contribution < -0.4 is 4.74 Å². The fraction of sp³-hybridized carbons (Fsp3) is 0.333. The third-order valence-electron chi connectivity index (χ3n) is 5.21. The number of rotatable bonds is 7. The van der Waals surface area contributed by atoms with Crippen LogP contribution in [0.15, 0.2) is 55.1 Å². The van der Waals surface area contributed by atoms with Gasteiger partial charge in [-0.2, -0.15) is 0 Å². The zero-order valence-corrected chi connectivity index (χ0v) is 16.6. The van der Waals surface area contributed by atoms with Gasteiger partial charge in [-0.15, -0.1) is 6.58 Å². The Morgan fingerprint density at radius 3 is 2.56 bits per heavy atom. The molecular weight excluding hydrogens is 359 g/mol. The standard InChI is InChI=1S/C24H26ClFO/c1-3-5-6-17-7-9-18(10-8-17)19-11-13-20(14-12-19)21-15-16-22(27-4-2)24(26)23(21)25/h3,9,11-17H,1,4-8,10H2,2H3. The third-order valence-corrected chi connectivity index (χ3v) is 5.58. The second kappa shape index (κ2) is 9.23. The highest BCUT2D eigenvalue weighted by molar-refractivity contribution is 6.33. The van der Waals surface area contributed by atoms with Gasteiger partial charge in [0.15, 0.2) is 11.6 Å². The highest BCUT2D eigenvalue weighted by atomic mass is 35.5. The first-order valence-corrected chi connectivity index (χ1v) is 10.0. The molecule has 0 heterocycles. The van der Waals surface area contributed by atoms with Gasteiger partial charge in [-0.3, -0.25) is 0 Å². The van der Waals surface area contributed by atoms with Crippen molar-refractivity contribution in [1.82, 2.24) is 0 Å². The molecule has 1 atom stereocenters. The van der Waals surface area contributed by atoms with Crippen molar-refractivity contribution in [3.63, 3.8) is 0 Å². The average molecular weight is 385 g/mol. The maximum absolute atomic E-state index is 14.4. The molecule has 1 aliphatic carbocycles. The van der Waals surface area contributed by atoms with Crippen LogP contribution in [0.4, 0.5) is 4.39 Å². The molecule has 0 N–H and O–H groups in total. The first-order valence-electron chi connectivity index (χ1n) is 9.65. The second-order valence-electron chi connectivity index (χ2n) is 6.99. The molecule has 0 radical (unpaired) electrons. The smallest absolute Gasteiger partial charge is 0.184 e. The summed E-state index contributed by atoms with van der Waals surface area (Å²) in [6.07, 6.45) is 10.2. The zero-order chi connectivity index (χ0) is 19.2. The fourth-order valence-electron chi connectivity index (χ4n) is 3.65. The predicted octanol–water partition coefficient (Wildman–Crippen LogP) is 7.69. The Bertz CT molecular complexity index is 823. The number of hydrogen-bond donors (Lipinski definition) is 0. The van der Waals surface area contributed by atoms with E-state index in [1.165, 1.54) is 24.0 Å². The van der Waals surface area contributed by atoms with E-state index in [2.05, 4.69) is 24.8 Å². The van der Waals surface area contributed by atoms with Gasteiger partial charge < -0.3 is 4.74 Å². The fourth-order valence-corrected chi connectivity index (χ4v) is 3.92. The molecule has 3 rings (SSSR count). The Kier molecular flexibility index (Phi) is 6.73. The summed E-state index contributed by atoms with van der Waals surface area (Å²) in [5.41, 5.74) is 4.24. The first-order chi connectivity index (χ1) is 13.1. The molecule has 0 aromatic heterocycles. The molecule has 1 aliphatic rings. The van der Waals surface area contributed by atoms with Crippen molar-refractivity contribution in [2.45, 2.75) is 39.0 Å². The first kappa shape index (κ1) is 19.7. The maximum atomic E-state index is 14.4. The lowest BCUT2D eigenvalue weighted by molar-refractivity contribution is 0.322. The molecule has 2 aromatic carbocycles. The summed E-state index contributed by atoms with van der Waals surface area (Å²) in [5.74, 6) is 0.471. The van der Waals surface area contributed by atoms with Gasteiger partial charge in [0.1, 0.15) is 0 Å². The minimum absolute atomic E-state index is 0.107. The highest BCUT2D eigenvalue weighted by Gasteiger charge is 2.16.